The van der Waals surface area contributed by atoms with E-state index in [-0.39, 0.29) is 24.8 Å². The summed E-state index contributed by atoms with van der Waals surface area (Å²) in [6, 6.07) is 9.69. The van der Waals surface area contributed by atoms with Crippen LogP contribution in [0.5, 0.6) is 0 Å². The van der Waals surface area contributed by atoms with Gasteiger partial charge in [0.1, 0.15) is 6.21 Å². The molecule has 0 fully saturated rings. The topological polar surface area (TPSA) is 49.6 Å². The first-order valence-corrected chi connectivity index (χ1v) is 5.99. The van der Waals surface area contributed by atoms with Crippen molar-refractivity contribution in [2.45, 2.75) is 20.4 Å². The van der Waals surface area contributed by atoms with Crippen LogP contribution >= 0.6 is 0 Å². The van der Waals surface area contributed by atoms with Gasteiger partial charge in [-0.2, -0.15) is 9.13 Å². The Kier molecular flexibility index (Phi) is 9.28. The van der Waals surface area contributed by atoms with Gasteiger partial charge in [0.05, 0.1) is 0 Å². The fourth-order valence-corrected chi connectivity index (χ4v) is 1.65. The summed E-state index contributed by atoms with van der Waals surface area (Å²) < 4.78 is 9.43. The van der Waals surface area contributed by atoms with Crippen molar-refractivity contribution in [1.29, 1.82) is 0 Å². The summed E-state index contributed by atoms with van der Waals surface area (Å²) in [7, 11) is 0. The van der Waals surface area contributed by atoms with E-state index >= 15 is 0 Å². The minimum absolute atomic E-state index is 0. The number of nitrogens with zero attached hydrogens (tertiary/aromatic N) is 3. The summed E-state index contributed by atoms with van der Waals surface area (Å²) in [4.78, 5) is 0. The number of aromatic nitrogens is 2. The zero-order valence-electron chi connectivity index (χ0n) is 11.6. The number of aryl methyl sites for hydroxylation is 1. The molecule has 0 atom stereocenters. The Morgan fingerprint density at radius 3 is 2.48 bits per heavy atom. The molecule has 21 heavy (non-hydrogen) atoms. The van der Waals surface area contributed by atoms with Crippen molar-refractivity contribution in [1.82, 2.24) is 0 Å². The molecule has 0 aliphatic heterocycles. The number of hydrogen-bond donors (Lipinski definition) is 1. The van der Waals surface area contributed by atoms with Gasteiger partial charge >= 0.3 is 0 Å². The second-order valence-electron chi connectivity index (χ2n) is 4.19. The van der Waals surface area contributed by atoms with Crippen LogP contribution < -0.4 is 33.9 Å². The lowest BCUT2D eigenvalue weighted by Crippen LogP contribution is -3.00. The van der Waals surface area contributed by atoms with Crippen LogP contribution in [-0.4, -0.2) is 11.4 Å². The summed E-state index contributed by atoms with van der Waals surface area (Å²) in [6.45, 7) is 2.91. The van der Waals surface area contributed by atoms with Crippen LogP contribution in [0.15, 0.2) is 54.1 Å². The number of oxime groups is 1. The molecule has 2 aromatic heterocycles. The lowest BCUT2D eigenvalue weighted by molar-refractivity contribution is -0.788. The van der Waals surface area contributed by atoms with Gasteiger partial charge < -0.3 is 30.0 Å². The van der Waals surface area contributed by atoms with Gasteiger partial charge in [-0.1, -0.05) is 5.16 Å². The number of rotatable bonds is 5. The summed E-state index contributed by atoms with van der Waals surface area (Å²) in [6.07, 6.45) is 7.20. The van der Waals surface area contributed by atoms with Gasteiger partial charge in [-0.05, 0) is 18.6 Å². The molecule has 2 rings (SSSR count). The first-order chi connectivity index (χ1) is 9.29. The second-order valence-corrected chi connectivity index (χ2v) is 4.19. The first kappa shape index (κ1) is 19.3. The van der Waals surface area contributed by atoms with Gasteiger partial charge in [0.15, 0.2) is 18.6 Å². The summed E-state index contributed by atoms with van der Waals surface area (Å²) in [5.74, 6) is 0. The third-order valence-electron chi connectivity index (χ3n) is 2.69. The van der Waals surface area contributed by atoms with Gasteiger partial charge in [-0.25, -0.2) is 0 Å². The molecule has 0 aromatic carbocycles. The highest BCUT2D eigenvalue weighted by Crippen LogP contribution is 1.91. The standard InChI is InChI=1S/C14H16N3O2.2ClH/c1-13-5-8-16(9-6-13)11-19-12-17-7-3-2-4-14(17)10-15-18;;/h2-10H,11-12H2,1H3;2*1H/q+1;;/p-1. The minimum Gasteiger partial charge on any atom is -1.00 e. The van der Waals surface area contributed by atoms with Crippen molar-refractivity contribution in [3.63, 3.8) is 0 Å². The lowest BCUT2D eigenvalue weighted by Gasteiger charge is -2.00. The Labute approximate surface area is 136 Å². The molecule has 0 unspecified atom stereocenters. The molecule has 114 valence electrons. The molecule has 0 saturated heterocycles. The molecule has 0 radical (unpaired) electrons. The van der Waals surface area contributed by atoms with E-state index in [1.165, 1.54) is 11.8 Å². The highest BCUT2D eigenvalue weighted by molar-refractivity contribution is 5.74. The maximum Gasteiger partial charge on any atom is 0.258 e. The Hall–Kier alpha value is -1.69. The van der Waals surface area contributed by atoms with Gasteiger partial charge in [0, 0.05) is 24.3 Å². The van der Waals surface area contributed by atoms with E-state index < -0.39 is 0 Å². The van der Waals surface area contributed by atoms with Crippen molar-refractivity contribution in [2.75, 3.05) is 0 Å². The molecule has 0 aliphatic carbocycles. The van der Waals surface area contributed by atoms with Crippen LogP contribution in [-0.2, 0) is 18.2 Å². The predicted octanol–water partition coefficient (Wildman–Crippen LogP) is -4.98. The molecule has 0 amide bonds. The van der Waals surface area contributed by atoms with Crippen molar-refractivity contribution in [2.24, 2.45) is 5.16 Å². The molecule has 0 bridgehead atoms. The lowest BCUT2D eigenvalue weighted by atomic mass is 10.3. The van der Waals surface area contributed by atoms with Crippen LogP contribution in [0.25, 0.3) is 0 Å². The molecule has 1 N–H and O–H groups in total. The van der Waals surface area contributed by atoms with Gasteiger partial charge in [0.2, 0.25) is 5.69 Å². The predicted molar refractivity (Wildman–Crippen MR) is 68.5 cm³/mol. The van der Waals surface area contributed by atoms with Crippen molar-refractivity contribution < 1.29 is 43.9 Å². The molecule has 2 aromatic rings. The molecule has 0 saturated carbocycles. The fourth-order valence-electron chi connectivity index (χ4n) is 1.65. The first-order valence-electron chi connectivity index (χ1n) is 5.99. The number of hydrogen-bond acceptors (Lipinski definition) is 3. The summed E-state index contributed by atoms with van der Waals surface area (Å²) >= 11 is 0. The van der Waals surface area contributed by atoms with E-state index in [0.29, 0.717) is 13.5 Å². The fraction of sp³-hybridized carbons (Fsp3) is 0.214. The van der Waals surface area contributed by atoms with E-state index in [2.05, 4.69) is 5.16 Å². The number of pyridine rings is 2. The van der Waals surface area contributed by atoms with Crippen molar-refractivity contribution >= 4 is 6.21 Å². The maximum atomic E-state index is 8.58. The van der Waals surface area contributed by atoms with Crippen molar-refractivity contribution in [3.8, 4) is 0 Å². The van der Waals surface area contributed by atoms with Crippen LogP contribution in [0.2, 0.25) is 0 Å². The molecule has 0 aliphatic rings. The Morgan fingerprint density at radius 1 is 1.10 bits per heavy atom. The highest BCUT2D eigenvalue weighted by Gasteiger charge is 2.08. The van der Waals surface area contributed by atoms with Crippen LogP contribution in [0, 0.1) is 6.92 Å². The van der Waals surface area contributed by atoms with E-state index in [4.69, 9.17) is 9.94 Å². The van der Waals surface area contributed by atoms with E-state index in [1.807, 2.05) is 65.0 Å². The molecular weight excluding hydrogens is 313 g/mol. The van der Waals surface area contributed by atoms with E-state index in [9.17, 15) is 0 Å². The molecular formula is C14H17Cl2N3O2. The van der Waals surface area contributed by atoms with Crippen LogP contribution in [0.4, 0.5) is 0 Å². The Balaban J connectivity index is 0.00000200. The van der Waals surface area contributed by atoms with Gasteiger partial charge in [-0.3, -0.25) is 4.74 Å². The Bertz CT molecular complexity index is 562. The number of halogens is 2. The van der Waals surface area contributed by atoms with Gasteiger partial charge in [0.25, 0.3) is 13.5 Å². The van der Waals surface area contributed by atoms with Gasteiger partial charge in [-0.15, -0.1) is 0 Å². The van der Waals surface area contributed by atoms with Crippen molar-refractivity contribution in [3.05, 3.63) is 60.2 Å². The zero-order chi connectivity index (χ0) is 13.5. The SMILES string of the molecule is Cc1cc[n+](COC[n+]2ccccc2/C=N/O)cc1.[Cl-].[Cl-]. The minimum atomic E-state index is 0. The molecule has 2 heterocycles. The van der Waals surface area contributed by atoms with Crippen LogP contribution in [0.3, 0.4) is 0 Å². The van der Waals surface area contributed by atoms with E-state index in [1.54, 1.807) is 0 Å². The van der Waals surface area contributed by atoms with E-state index in [0.717, 1.165) is 5.69 Å². The third-order valence-corrected chi connectivity index (χ3v) is 2.69. The largest absolute Gasteiger partial charge is 1.00 e. The Morgan fingerprint density at radius 2 is 1.81 bits per heavy atom. The average Bonchev–Trinajstić information content (AvgIpc) is 2.43. The summed E-state index contributed by atoms with van der Waals surface area (Å²) in [5, 5.41) is 11.6. The maximum absolute atomic E-state index is 8.58. The quantitative estimate of drug-likeness (QED) is 0.258. The molecule has 5 nitrogen and oxygen atoms in total. The molecule has 0 spiro atoms. The molecule has 7 heteroatoms. The zero-order valence-corrected chi connectivity index (χ0v) is 13.1. The average molecular weight is 330 g/mol. The second kappa shape index (κ2) is 10.1. The summed E-state index contributed by atoms with van der Waals surface area (Å²) in [5.41, 5.74) is 1.99. The number of ether oxygens (including phenoxy) is 1. The third kappa shape index (κ3) is 6.08. The smallest absolute Gasteiger partial charge is 0.258 e. The van der Waals surface area contributed by atoms with Crippen LogP contribution in [0.1, 0.15) is 11.3 Å². The highest BCUT2D eigenvalue weighted by atomic mass is 35.5. The monoisotopic (exact) mass is 329 g/mol. The normalized spacial score (nSPS) is 9.95.